The maximum Gasteiger partial charge on any atom is 0.229 e. The van der Waals surface area contributed by atoms with Gasteiger partial charge in [0.05, 0.1) is 0 Å². The van der Waals surface area contributed by atoms with Crippen molar-refractivity contribution in [2.24, 2.45) is 0 Å². The Kier molecular flexibility index (Phi) is 2.02. The highest BCUT2D eigenvalue weighted by Gasteiger charge is 2.29. The van der Waals surface area contributed by atoms with Gasteiger partial charge in [-0.3, -0.25) is 9.69 Å². The highest BCUT2D eigenvalue weighted by molar-refractivity contribution is 5.95. The average molecular weight is 177 g/mol. The summed E-state index contributed by atoms with van der Waals surface area (Å²) in [6.07, 6.45) is 0.332. The number of aliphatic hydroxyl groups excluding tert-OH is 1. The van der Waals surface area contributed by atoms with Gasteiger partial charge in [0.15, 0.2) is 0 Å². The third-order valence-electron chi connectivity index (χ3n) is 2.22. The van der Waals surface area contributed by atoms with Gasteiger partial charge in [0.1, 0.15) is 6.23 Å². The van der Waals surface area contributed by atoms with Crippen molar-refractivity contribution in [2.45, 2.75) is 19.1 Å². The molecule has 13 heavy (non-hydrogen) atoms. The molecule has 1 unspecified atom stereocenters. The van der Waals surface area contributed by atoms with Crippen LogP contribution in [-0.2, 0) is 4.79 Å². The van der Waals surface area contributed by atoms with Crippen molar-refractivity contribution in [3.05, 3.63) is 30.3 Å². The van der Waals surface area contributed by atoms with Crippen LogP contribution in [0.25, 0.3) is 0 Å². The molecule has 68 valence electrons. The third-order valence-corrected chi connectivity index (χ3v) is 2.22. The van der Waals surface area contributed by atoms with Crippen LogP contribution in [0.3, 0.4) is 0 Å². The highest BCUT2D eigenvalue weighted by atomic mass is 16.3. The summed E-state index contributed by atoms with van der Waals surface area (Å²) >= 11 is 0. The molecule has 0 saturated carbocycles. The molecule has 2 rings (SSSR count). The number of carbonyl (C=O) groups excluding carboxylic acids is 1. The summed E-state index contributed by atoms with van der Waals surface area (Å²) in [7, 11) is 0. The fourth-order valence-corrected chi connectivity index (χ4v) is 1.57. The minimum absolute atomic E-state index is 0.00120. The fraction of sp³-hybridized carbons (Fsp3) is 0.300. The summed E-state index contributed by atoms with van der Waals surface area (Å²) in [5.41, 5.74) is 0.775. The van der Waals surface area contributed by atoms with E-state index in [1.807, 2.05) is 30.3 Å². The third kappa shape index (κ3) is 1.42. The van der Waals surface area contributed by atoms with Gasteiger partial charge in [-0.2, -0.15) is 0 Å². The SMILES string of the molecule is O=C1CCC(O)N1c1ccccc1. The lowest BCUT2D eigenvalue weighted by molar-refractivity contribution is -0.117. The Bertz CT molecular complexity index is 310. The van der Waals surface area contributed by atoms with E-state index in [4.69, 9.17) is 0 Å². The largest absolute Gasteiger partial charge is 0.373 e. The Labute approximate surface area is 76.6 Å². The summed E-state index contributed by atoms with van der Waals surface area (Å²) in [4.78, 5) is 12.8. The van der Waals surface area contributed by atoms with E-state index in [9.17, 15) is 9.90 Å². The quantitative estimate of drug-likeness (QED) is 0.698. The van der Waals surface area contributed by atoms with Crippen LogP contribution in [0.15, 0.2) is 30.3 Å². The van der Waals surface area contributed by atoms with Gasteiger partial charge in [-0.25, -0.2) is 0 Å². The zero-order chi connectivity index (χ0) is 9.26. The number of anilines is 1. The summed E-state index contributed by atoms with van der Waals surface area (Å²) in [6, 6.07) is 9.25. The van der Waals surface area contributed by atoms with E-state index in [1.54, 1.807) is 0 Å². The number of carbonyl (C=O) groups is 1. The smallest absolute Gasteiger partial charge is 0.229 e. The van der Waals surface area contributed by atoms with Gasteiger partial charge in [0.2, 0.25) is 5.91 Å². The van der Waals surface area contributed by atoms with Crippen LogP contribution >= 0.6 is 0 Å². The van der Waals surface area contributed by atoms with Crippen LogP contribution in [0, 0.1) is 0 Å². The van der Waals surface area contributed by atoms with Crippen LogP contribution in [-0.4, -0.2) is 17.2 Å². The van der Waals surface area contributed by atoms with E-state index in [0.29, 0.717) is 12.8 Å². The molecule has 1 N–H and O–H groups in total. The maximum atomic E-state index is 11.4. The number of rotatable bonds is 1. The molecule has 1 aliphatic heterocycles. The number of benzene rings is 1. The number of hydrogen-bond donors (Lipinski definition) is 1. The van der Waals surface area contributed by atoms with Crippen LogP contribution < -0.4 is 4.90 Å². The van der Waals surface area contributed by atoms with E-state index < -0.39 is 6.23 Å². The minimum atomic E-state index is -0.644. The molecular formula is C10H11NO2. The van der Waals surface area contributed by atoms with Crippen molar-refractivity contribution in [1.29, 1.82) is 0 Å². The van der Waals surface area contributed by atoms with Gasteiger partial charge >= 0.3 is 0 Å². The lowest BCUT2D eigenvalue weighted by Gasteiger charge is -2.19. The van der Waals surface area contributed by atoms with E-state index >= 15 is 0 Å². The van der Waals surface area contributed by atoms with Crippen molar-refractivity contribution in [2.75, 3.05) is 4.90 Å². The van der Waals surface area contributed by atoms with Crippen LogP contribution in [0.5, 0.6) is 0 Å². The fourth-order valence-electron chi connectivity index (χ4n) is 1.57. The van der Waals surface area contributed by atoms with Gasteiger partial charge in [0.25, 0.3) is 0 Å². The molecule has 0 spiro atoms. The van der Waals surface area contributed by atoms with Crippen molar-refractivity contribution < 1.29 is 9.90 Å². The zero-order valence-corrected chi connectivity index (χ0v) is 7.18. The van der Waals surface area contributed by atoms with E-state index in [2.05, 4.69) is 0 Å². The van der Waals surface area contributed by atoms with Gasteiger partial charge in [-0.1, -0.05) is 18.2 Å². The molecule has 1 amide bonds. The van der Waals surface area contributed by atoms with Crippen LogP contribution in [0.1, 0.15) is 12.8 Å². The molecule has 0 aliphatic carbocycles. The monoisotopic (exact) mass is 177 g/mol. The number of para-hydroxylation sites is 1. The van der Waals surface area contributed by atoms with Gasteiger partial charge in [-0.15, -0.1) is 0 Å². The van der Waals surface area contributed by atoms with E-state index in [1.165, 1.54) is 4.90 Å². The van der Waals surface area contributed by atoms with Crippen molar-refractivity contribution >= 4 is 11.6 Å². The first-order valence-electron chi connectivity index (χ1n) is 4.34. The maximum absolute atomic E-state index is 11.4. The first-order valence-corrected chi connectivity index (χ1v) is 4.34. The lowest BCUT2D eigenvalue weighted by Crippen LogP contribution is -2.32. The predicted octanol–water partition coefficient (Wildman–Crippen LogP) is 1.13. The Morgan fingerprint density at radius 1 is 1.31 bits per heavy atom. The van der Waals surface area contributed by atoms with E-state index in [0.717, 1.165) is 5.69 Å². The van der Waals surface area contributed by atoms with E-state index in [-0.39, 0.29) is 5.91 Å². The van der Waals surface area contributed by atoms with Gasteiger partial charge < -0.3 is 5.11 Å². The minimum Gasteiger partial charge on any atom is -0.373 e. The Morgan fingerprint density at radius 2 is 2.00 bits per heavy atom. The molecule has 3 heteroatoms. The molecule has 1 aromatic carbocycles. The number of hydrogen-bond acceptors (Lipinski definition) is 2. The normalized spacial score (nSPS) is 22.4. The van der Waals surface area contributed by atoms with Gasteiger partial charge in [0, 0.05) is 18.5 Å². The van der Waals surface area contributed by atoms with Crippen LogP contribution in [0.4, 0.5) is 5.69 Å². The Morgan fingerprint density at radius 3 is 2.54 bits per heavy atom. The second kappa shape index (κ2) is 3.18. The first kappa shape index (κ1) is 8.26. The standard InChI is InChI=1S/C10H11NO2/c12-9-6-7-10(13)11(9)8-4-2-1-3-5-8/h1-5,9,12H,6-7H2. The molecule has 3 nitrogen and oxygen atoms in total. The molecule has 1 aliphatic rings. The first-order chi connectivity index (χ1) is 6.29. The molecule has 1 aromatic rings. The van der Waals surface area contributed by atoms with Crippen LogP contribution in [0.2, 0.25) is 0 Å². The lowest BCUT2D eigenvalue weighted by atomic mass is 10.3. The van der Waals surface area contributed by atoms with Crippen molar-refractivity contribution in [3.8, 4) is 0 Å². The van der Waals surface area contributed by atoms with Crippen molar-refractivity contribution in [3.63, 3.8) is 0 Å². The molecule has 0 aromatic heterocycles. The molecule has 1 saturated heterocycles. The topological polar surface area (TPSA) is 40.5 Å². The molecule has 1 atom stereocenters. The predicted molar refractivity (Wildman–Crippen MR) is 49.2 cm³/mol. The number of amides is 1. The zero-order valence-electron chi connectivity index (χ0n) is 7.18. The summed E-state index contributed by atoms with van der Waals surface area (Å²) < 4.78 is 0. The highest BCUT2D eigenvalue weighted by Crippen LogP contribution is 2.24. The number of aliphatic hydroxyl groups is 1. The second-order valence-corrected chi connectivity index (χ2v) is 3.12. The number of nitrogens with zero attached hydrogens (tertiary/aromatic N) is 1. The van der Waals surface area contributed by atoms with Gasteiger partial charge in [-0.05, 0) is 12.1 Å². The van der Waals surface area contributed by atoms with Crippen molar-refractivity contribution in [1.82, 2.24) is 0 Å². The summed E-state index contributed by atoms with van der Waals surface area (Å²) in [5.74, 6) is -0.00120. The molecule has 1 heterocycles. The molecular weight excluding hydrogens is 166 g/mol. The Balaban J connectivity index is 2.30. The molecule has 0 bridgehead atoms. The molecule has 1 fully saturated rings. The average Bonchev–Trinajstić information content (AvgIpc) is 2.48. The molecule has 0 radical (unpaired) electrons. The summed E-state index contributed by atoms with van der Waals surface area (Å²) in [6.45, 7) is 0. The Hall–Kier alpha value is -1.35. The summed E-state index contributed by atoms with van der Waals surface area (Å²) in [5, 5.41) is 9.52. The second-order valence-electron chi connectivity index (χ2n) is 3.12.